The van der Waals surface area contributed by atoms with Gasteiger partial charge in [-0.25, -0.2) is 0 Å². The van der Waals surface area contributed by atoms with Gasteiger partial charge in [0, 0.05) is 17.8 Å². The number of nitrogens with one attached hydrogen (secondary N) is 1. The van der Waals surface area contributed by atoms with Crippen LogP contribution in [0.3, 0.4) is 0 Å². The lowest BCUT2D eigenvalue weighted by Gasteiger charge is -2.28. The summed E-state index contributed by atoms with van der Waals surface area (Å²) in [6.07, 6.45) is 4.24. The van der Waals surface area contributed by atoms with Gasteiger partial charge >= 0.3 is 0 Å². The van der Waals surface area contributed by atoms with Crippen molar-refractivity contribution in [2.45, 2.75) is 26.0 Å². The predicted octanol–water partition coefficient (Wildman–Crippen LogP) is 4.48. The van der Waals surface area contributed by atoms with E-state index >= 15 is 0 Å². The molecule has 0 radical (unpaired) electrons. The third-order valence-electron chi connectivity index (χ3n) is 3.38. The van der Waals surface area contributed by atoms with Gasteiger partial charge in [0.1, 0.15) is 11.4 Å². The minimum atomic E-state index is -0.212. The van der Waals surface area contributed by atoms with Crippen molar-refractivity contribution in [3.8, 4) is 5.75 Å². The molecule has 0 aromatic heterocycles. The molecule has 1 N–H and O–H groups in total. The van der Waals surface area contributed by atoms with E-state index in [2.05, 4.69) is 61.6 Å². The molecule has 20 heavy (non-hydrogen) atoms. The van der Waals surface area contributed by atoms with Crippen LogP contribution in [-0.4, -0.2) is 5.60 Å². The molecular formula is C18H19NO. The van der Waals surface area contributed by atoms with Crippen LogP contribution in [0.5, 0.6) is 5.75 Å². The summed E-state index contributed by atoms with van der Waals surface area (Å²) < 4.78 is 5.93. The fourth-order valence-electron chi connectivity index (χ4n) is 2.30. The van der Waals surface area contributed by atoms with Gasteiger partial charge in [0.2, 0.25) is 0 Å². The lowest BCUT2D eigenvalue weighted by atomic mass is 10.0. The van der Waals surface area contributed by atoms with Crippen LogP contribution >= 0.6 is 0 Å². The molecule has 2 aromatic carbocycles. The number of para-hydroxylation sites is 1. The van der Waals surface area contributed by atoms with Crippen LogP contribution in [0.1, 0.15) is 25.0 Å². The van der Waals surface area contributed by atoms with Crippen molar-refractivity contribution in [2.75, 3.05) is 5.32 Å². The van der Waals surface area contributed by atoms with E-state index in [1.165, 1.54) is 5.56 Å². The van der Waals surface area contributed by atoms with E-state index in [1.54, 1.807) is 0 Å². The van der Waals surface area contributed by atoms with Crippen molar-refractivity contribution in [1.82, 2.24) is 0 Å². The van der Waals surface area contributed by atoms with Gasteiger partial charge in [0.15, 0.2) is 0 Å². The second-order valence-electron chi connectivity index (χ2n) is 5.63. The normalized spacial score (nSPS) is 15.3. The molecular weight excluding hydrogens is 246 g/mol. The maximum atomic E-state index is 5.93. The van der Waals surface area contributed by atoms with Gasteiger partial charge in [-0.05, 0) is 49.8 Å². The number of hydrogen-bond donors (Lipinski definition) is 1. The predicted molar refractivity (Wildman–Crippen MR) is 84.0 cm³/mol. The first kappa shape index (κ1) is 12.8. The Balaban J connectivity index is 1.74. The van der Waals surface area contributed by atoms with Gasteiger partial charge in [0.25, 0.3) is 0 Å². The molecule has 0 aliphatic carbocycles. The quantitative estimate of drug-likeness (QED) is 0.883. The average Bonchev–Trinajstić information content (AvgIpc) is 2.45. The standard InChI is InChI=1S/C18H19NO/c1-18(2)11-10-15-12-14(8-9-17(15)20-18)13-19-16-6-4-3-5-7-16/h3-12,19H,13H2,1-2H3. The number of benzene rings is 2. The van der Waals surface area contributed by atoms with Crippen LogP contribution in [0.15, 0.2) is 54.6 Å². The van der Waals surface area contributed by atoms with Gasteiger partial charge in [0.05, 0.1) is 0 Å². The van der Waals surface area contributed by atoms with E-state index in [4.69, 9.17) is 4.74 Å². The minimum Gasteiger partial charge on any atom is -0.483 e. The molecule has 1 aliphatic heterocycles. The van der Waals surface area contributed by atoms with Crippen molar-refractivity contribution in [1.29, 1.82) is 0 Å². The van der Waals surface area contributed by atoms with Crippen LogP contribution < -0.4 is 10.1 Å². The summed E-state index contributed by atoms with van der Waals surface area (Å²) >= 11 is 0. The Morgan fingerprint density at radius 2 is 1.85 bits per heavy atom. The summed E-state index contributed by atoms with van der Waals surface area (Å²) in [6, 6.07) is 16.6. The van der Waals surface area contributed by atoms with Gasteiger partial charge in [-0.3, -0.25) is 0 Å². The molecule has 2 aromatic rings. The van der Waals surface area contributed by atoms with Crippen LogP contribution in [0.4, 0.5) is 5.69 Å². The van der Waals surface area contributed by atoms with E-state index in [0.29, 0.717) is 0 Å². The van der Waals surface area contributed by atoms with Gasteiger partial charge in [-0.1, -0.05) is 30.3 Å². The maximum Gasteiger partial charge on any atom is 0.127 e. The highest BCUT2D eigenvalue weighted by atomic mass is 16.5. The fourth-order valence-corrected chi connectivity index (χ4v) is 2.30. The molecule has 0 saturated heterocycles. The first-order valence-corrected chi connectivity index (χ1v) is 6.92. The third kappa shape index (κ3) is 2.85. The molecule has 3 rings (SSSR count). The van der Waals surface area contributed by atoms with E-state index < -0.39 is 0 Å². The smallest absolute Gasteiger partial charge is 0.127 e. The Hall–Kier alpha value is -2.22. The van der Waals surface area contributed by atoms with Crippen molar-refractivity contribution in [2.24, 2.45) is 0 Å². The Morgan fingerprint density at radius 3 is 2.65 bits per heavy atom. The second kappa shape index (κ2) is 5.04. The van der Waals surface area contributed by atoms with Crippen LogP contribution in [-0.2, 0) is 6.54 Å². The number of rotatable bonds is 3. The van der Waals surface area contributed by atoms with Crippen LogP contribution in [0.2, 0.25) is 0 Å². The molecule has 1 aliphatic rings. The molecule has 102 valence electrons. The van der Waals surface area contributed by atoms with Crippen molar-refractivity contribution in [3.05, 3.63) is 65.7 Å². The zero-order valence-electron chi connectivity index (χ0n) is 11.9. The van der Waals surface area contributed by atoms with E-state index in [1.807, 2.05) is 18.2 Å². The number of ether oxygens (including phenoxy) is 1. The first-order chi connectivity index (χ1) is 9.62. The highest BCUT2D eigenvalue weighted by Gasteiger charge is 2.21. The van der Waals surface area contributed by atoms with Gasteiger partial charge in [-0.15, -0.1) is 0 Å². The molecule has 0 spiro atoms. The van der Waals surface area contributed by atoms with Crippen LogP contribution in [0.25, 0.3) is 6.08 Å². The molecule has 2 nitrogen and oxygen atoms in total. The topological polar surface area (TPSA) is 21.3 Å². The number of hydrogen-bond acceptors (Lipinski definition) is 2. The highest BCUT2D eigenvalue weighted by molar-refractivity contribution is 5.62. The average molecular weight is 265 g/mol. The summed E-state index contributed by atoms with van der Waals surface area (Å²) in [6.45, 7) is 4.95. The third-order valence-corrected chi connectivity index (χ3v) is 3.38. The van der Waals surface area contributed by atoms with E-state index in [9.17, 15) is 0 Å². The number of fused-ring (bicyclic) bond motifs is 1. The lowest BCUT2D eigenvalue weighted by molar-refractivity contribution is 0.159. The highest BCUT2D eigenvalue weighted by Crippen LogP contribution is 2.31. The lowest BCUT2D eigenvalue weighted by Crippen LogP contribution is -2.27. The Labute approximate surface area is 120 Å². The SMILES string of the molecule is CC1(C)C=Cc2cc(CNc3ccccc3)ccc2O1. The Morgan fingerprint density at radius 1 is 1.05 bits per heavy atom. The Bertz CT molecular complexity index is 629. The zero-order valence-corrected chi connectivity index (χ0v) is 11.9. The molecule has 0 unspecified atom stereocenters. The summed E-state index contributed by atoms with van der Waals surface area (Å²) in [5, 5.41) is 3.42. The molecule has 0 amide bonds. The summed E-state index contributed by atoms with van der Waals surface area (Å²) in [4.78, 5) is 0. The monoisotopic (exact) mass is 265 g/mol. The van der Waals surface area contributed by atoms with Crippen LogP contribution in [0, 0.1) is 0 Å². The summed E-state index contributed by atoms with van der Waals surface area (Å²) in [7, 11) is 0. The van der Waals surface area contributed by atoms with Crippen molar-refractivity contribution in [3.63, 3.8) is 0 Å². The zero-order chi connectivity index (χ0) is 14.0. The first-order valence-electron chi connectivity index (χ1n) is 6.92. The summed E-state index contributed by atoms with van der Waals surface area (Å²) in [5.41, 5.74) is 3.33. The molecule has 0 bridgehead atoms. The maximum absolute atomic E-state index is 5.93. The molecule has 1 heterocycles. The molecule has 2 heteroatoms. The van der Waals surface area contributed by atoms with E-state index in [-0.39, 0.29) is 5.60 Å². The minimum absolute atomic E-state index is 0.212. The molecule has 0 atom stereocenters. The molecule has 0 saturated carbocycles. The van der Waals surface area contributed by atoms with Gasteiger partial charge < -0.3 is 10.1 Å². The summed E-state index contributed by atoms with van der Waals surface area (Å²) in [5.74, 6) is 0.959. The van der Waals surface area contributed by atoms with E-state index in [0.717, 1.165) is 23.5 Å². The number of anilines is 1. The fraction of sp³-hybridized carbons (Fsp3) is 0.222. The largest absolute Gasteiger partial charge is 0.483 e. The Kier molecular flexibility index (Phi) is 3.23. The molecule has 0 fully saturated rings. The second-order valence-corrected chi connectivity index (χ2v) is 5.63. The van der Waals surface area contributed by atoms with Crippen molar-refractivity contribution >= 4 is 11.8 Å². The van der Waals surface area contributed by atoms with Crippen molar-refractivity contribution < 1.29 is 4.74 Å². The van der Waals surface area contributed by atoms with Gasteiger partial charge in [-0.2, -0.15) is 0 Å².